The number of nitrogens with one attached hydrogen (secondary N) is 1. The average Bonchev–Trinajstić information content (AvgIpc) is 3.52. The van der Waals surface area contributed by atoms with Gasteiger partial charge in [-0.05, 0) is 68.8 Å². The van der Waals surface area contributed by atoms with E-state index in [1.165, 1.54) is 0 Å². The first-order chi connectivity index (χ1) is 23.3. The number of nitrogens with zero attached hydrogens (tertiary/aromatic N) is 7. The van der Waals surface area contributed by atoms with Crippen LogP contribution in [0.1, 0.15) is 42.4 Å². The molecule has 0 aliphatic carbocycles. The minimum atomic E-state index is -0.925. The number of piperazine rings is 1. The van der Waals surface area contributed by atoms with Crippen LogP contribution in [0.3, 0.4) is 0 Å². The van der Waals surface area contributed by atoms with Crippen LogP contribution in [0.4, 0.5) is 15.3 Å². The number of benzene rings is 1. The van der Waals surface area contributed by atoms with E-state index in [4.69, 9.17) is 4.74 Å². The topological polar surface area (TPSA) is 106 Å². The van der Waals surface area contributed by atoms with Crippen molar-refractivity contribution in [3.8, 4) is 0 Å². The summed E-state index contributed by atoms with van der Waals surface area (Å²) in [7, 11) is 2.17. The van der Waals surface area contributed by atoms with E-state index in [2.05, 4.69) is 39.3 Å². The summed E-state index contributed by atoms with van der Waals surface area (Å²) in [5.41, 5.74) is 4.99. The molecule has 12 heteroatoms. The molecule has 2 aromatic heterocycles. The smallest absolute Gasteiger partial charge is 0.410 e. The fraction of sp³-hybridized carbons (Fsp3) is 0.556. The Morgan fingerprint density at radius 1 is 0.938 bits per heavy atom. The first kappa shape index (κ1) is 32.4. The predicted molar refractivity (Wildman–Crippen MR) is 183 cm³/mol. The number of hydrogen-bond donors (Lipinski definition) is 1. The molecule has 0 radical (unpaired) electrons. The Hall–Kier alpha value is -4.16. The molecule has 6 heterocycles. The fourth-order valence-electron chi connectivity index (χ4n) is 7.92. The van der Waals surface area contributed by atoms with Gasteiger partial charge in [0.05, 0.1) is 18.0 Å². The highest BCUT2D eigenvalue weighted by Crippen LogP contribution is 2.26. The lowest BCUT2D eigenvalue weighted by molar-refractivity contribution is -0.142. The van der Waals surface area contributed by atoms with Crippen molar-refractivity contribution in [2.45, 2.75) is 63.6 Å². The second-order valence-corrected chi connectivity index (χ2v) is 13.9. The van der Waals surface area contributed by atoms with Crippen LogP contribution in [0.25, 0.3) is 5.52 Å². The quantitative estimate of drug-likeness (QED) is 0.433. The number of rotatable bonds is 6. The van der Waals surface area contributed by atoms with Crippen molar-refractivity contribution in [3.05, 3.63) is 65.7 Å². The zero-order valence-electron chi connectivity index (χ0n) is 28.2. The number of likely N-dealkylation sites (N-methyl/N-ethyl adjacent to an activating group) is 1. The lowest BCUT2D eigenvalue weighted by Crippen LogP contribution is -2.54. The third kappa shape index (κ3) is 7.00. The van der Waals surface area contributed by atoms with Crippen molar-refractivity contribution in [2.24, 2.45) is 0 Å². The first-order valence-corrected chi connectivity index (χ1v) is 17.6. The highest BCUT2D eigenvalue weighted by molar-refractivity contribution is 5.91. The van der Waals surface area contributed by atoms with Crippen molar-refractivity contribution in [3.63, 3.8) is 0 Å². The van der Waals surface area contributed by atoms with Gasteiger partial charge in [0, 0.05) is 89.3 Å². The SMILES string of the molecule is Cc1cc(C[C@@H](OC(=O)N2CCC(N3CCc4ccccc4NC3=O)CC2)C(=O)N2CCC(N3CCN(C)CC3)CC2)cn2cncc12. The highest BCUT2D eigenvalue weighted by atomic mass is 16.6. The highest BCUT2D eigenvalue weighted by Gasteiger charge is 2.36. The van der Waals surface area contributed by atoms with Gasteiger partial charge < -0.3 is 34.1 Å². The minimum absolute atomic E-state index is 0.0345. The fourth-order valence-corrected chi connectivity index (χ4v) is 7.92. The monoisotopic (exact) mass is 656 g/mol. The van der Waals surface area contributed by atoms with Crippen molar-refractivity contribution in [2.75, 3.05) is 71.3 Å². The van der Waals surface area contributed by atoms with Crippen LogP contribution in [-0.2, 0) is 22.4 Å². The van der Waals surface area contributed by atoms with E-state index in [9.17, 15) is 14.4 Å². The number of carbonyl (C=O) groups is 3. The summed E-state index contributed by atoms with van der Waals surface area (Å²) in [6, 6.07) is 10.4. The van der Waals surface area contributed by atoms with Gasteiger partial charge in [-0.15, -0.1) is 0 Å². The normalized spacial score (nSPS) is 21.1. The maximum atomic E-state index is 14.1. The number of para-hydroxylation sites is 1. The summed E-state index contributed by atoms with van der Waals surface area (Å²) in [4.78, 5) is 55.6. The van der Waals surface area contributed by atoms with E-state index >= 15 is 0 Å². The molecule has 0 unspecified atom stereocenters. The van der Waals surface area contributed by atoms with Crippen LogP contribution < -0.4 is 5.32 Å². The molecule has 1 aromatic carbocycles. The number of urea groups is 1. The predicted octanol–water partition coefficient (Wildman–Crippen LogP) is 3.48. The largest absolute Gasteiger partial charge is 0.436 e. The standard InChI is InChI=1S/C36H48N8O4/c1-26-21-27(24-43-25-37-23-32(26)43)22-33(34(45)41-12-8-29(9-13-41)40-19-17-39(2)18-20-40)48-36(47)42-14-10-30(11-15-42)44-16-7-28-5-3-4-6-31(28)38-35(44)46/h3-6,21,23-25,29-30,33H,7-20,22H2,1-2H3,(H,38,46)/t33-/m1/s1. The number of imidazole rings is 1. The van der Waals surface area contributed by atoms with Crippen LogP contribution in [0.15, 0.2) is 49.1 Å². The molecule has 0 saturated carbocycles. The number of amides is 4. The molecule has 3 saturated heterocycles. The Balaban J connectivity index is 0.996. The van der Waals surface area contributed by atoms with Crippen LogP contribution in [0.5, 0.6) is 0 Å². The molecule has 0 spiro atoms. The molecule has 1 N–H and O–H groups in total. The van der Waals surface area contributed by atoms with Gasteiger partial charge in [0.2, 0.25) is 0 Å². The summed E-state index contributed by atoms with van der Waals surface area (Å²) in [6.07, 6.45) is 8.42. The van der Waals surface area contributed by atoms with Crippen molar-refractivity contribution in [1.29, 1.82) is 0 Å². The van der Waals surface area contributed by atoms with Gasteiger partial charge in [0.1, 0.15) is 0 Å². The van der Waals surface area contributed by atoms with Crippen molar-refractivity contribution in [1.82, 2.24) is 33.9 Å². The number of ether oxygens (including phenoxy) is 1. The number of carbonyl (C=O) groups excluding carboxylic acids is 3. The Morgan fingerprint density at radius 3 is 2.42 bits per heavy atom. The minimum Gasteiger partial charge on any atom is -0.436 e. The number of fused-ring (bicyclic) bond motifs is 2. The number of aryl methyl sites for hydroxylation is 1. The maximum absolute atomic E-state index is 14.1. The molecule has 4 aliphatic rings. The van der Waals surface area contributed by atoms with Gasteiger partial charge in [0.25, 0.3) is 5.91 Å². The Labute approximate surface area is 282 Å². The number of likely N-dealkylation sites (tertiary alicyclic amines) is 2. The molecule has 12 nitrogen and oxygen atoms in total. The molecular formula is C36H48N8O4. The molecule has 48 heavy (non-hydrogen) atoms. The molecule has 3 fully saturated rings. The van der Waals surface area contributed by atoms with Crippen molar-refractivity contribution < 1.29 is 19.1 Å². The Kier molecular flexibility index (Phi) is 9.54. The summed E-state index contributed by atoms with van der Waals surface area (Å²) in [5, 5.41) is 3.06. The lowest BCUT2D eigenvalue weighted by Gasteiger charge is -2.42. The molecular weight excluding hydrogens is 608 g/mol. The second kappa shape index (κ2) is 14.1. The summed E-state index contributed by atoms with van der Waals surface area (Å²) >= 11 is 0. The van der Waals surface area contributed by atoms with E-state index in [0.29, 0.717) is 58.0 Å². The number of hydrogen-bond acceptors (Lipinski definition) is 7. The molecule has 4 aliphatic heterocycles. The summed E-state index contributed by atoms with van der Waals surface area (Å²) in [6.45, 7) is 9.22. The Morgan fingerprint density at radius 2 is 1.65 bits per heavy atom. The lowest BCUT2D eigenvalue weighted by atomic mass is 10.0. The molecule has 1 atom stereocenters. The molecule has 3 aromatic rings. The van der Waals surface area contributed by atoms with E-state index in [1.807, 2.05) is 51.7 Å². The number of anilines is 1. The van der Waals surface area contributed by atoms with Crippen LogP contribution >= 0.6 is 0 Å². The van der Waals surface area contributed by atoms with E-state index in [1.54, 1.807) is 11.2 Å². The second-order valence-electron chi connectivity index (χ2n) is 13.9. The maximum Gasteiger partial charge on any atom is 0.410 e. The molecule has 4 amide bonds. The zero-order valence-corrected chi connectivity index (χ0v) is 28.2. The Bertz CT molecular complexity index is 1620. The average molecular weight is 657 g/mol. The third-order valence-electron chi connectivity index (χ3n) is 10.9. The summed E-state index contributed by atoms with van der Waals surface area (Å²) < 4.78 is 8.08. The van der Waals surface area contributed by atoms with Crippen LogP contribution in [0, 0.1) is 6.92 Å². The molecule has 0 bridgehead atoms. The van der Waals surface area contributed by atoms with Crippen LogP contribution in [0.2, 0.25) is 0 Å². The van der Waals surface area contributed by atoms with Crippen LogP contribution in [-0.4, -0.2) is 136 Å². The molecule has 7 rings (SSSR count). The van der Waals surface area contributed by atoms with Gasteiger partial charge in [-0.2, -0.15) is 0 Å². The van der Waals surface area contributed by atoms with Gasteiger partial charge in [-0.3, -0.25) is 9.69 Å². The zero-order chi connectivity index (χ0) is 33.2. The van der Waals surface area contributed by atoms with Gasteiger partial charge in [-0.1, -0.05) is 24.3 Å². The van der Waals surface area contributed by atoms with Crippen molar-refractivity contribution >= 4 is 29.2 Å². The third-order valence-corrected chi connectivity index (χ3v) is 10.9. The van der Waals surface area contributed by atoms with Gasteiger partial charge in [-0.25, -0.2) is 14.6 Å². The van der Waals surface area contributed by atoms with E-state index in [-0.39, 0.29) is 18.0 Å². The van der Waals surface area contributed by atoms with E-state index < -0.39 is 12.2 Å². The summed E-state index contributed by atoms with van der Waals surface area (Å²) in [5.74, 6) is -0.126. The number of aromatic nitrogens is 2. The van der Waals surface area contributed by atoms with Gasteiger partial charge in [0.15, 0.2) is 6.10 Å². The first-order valence-electron chi connectivity index (χ1n) is 17.6. The number of piperidine rings is 2. The van der Waals surface area contributed by atoms with Gasteiger partial charge >= 0.3 is 12.1 Å². The van der Waals surface area contributed by atoms with E-state index in [0.717, 1.165) is 73.3 Å². The molecule has 256 valence electrons. The number of pyridine rings is 1.